The minimum Gasteiger partial charge on any atom is -0.497 e. The van der Waals surface area contributed by atoms with Crippen molar-refractivity contribution in [3.8, 4) is 17.1 Å². The van der Waals surface area contributed by atoms with Gasteiger partial charge in [0, 0.05) is 10.9 Å². The van der Waals surface area contributed by atoms with Gasteiger partial charge in [0.05, 0.1) is 12.7 Å². The first-order valence-electron chi connectivity index (χ1n) is 6.16. The monoisotopic (exact) mass is 267 g/mol. The lowest BCUT2D eigenvalue weighted by atomic mass is 10.1. The van der Waals surface area contributed by atoms with Crippen LogP contribution in [0.3, 0.4) is 0 Å². The highest BCUT2D eigenvalue weighted by atomic mass is 16.5. The van der Waals surface area contributed by atoms with Gasteiger partial charge in [-0.15, -0.1) is 0 Å². The Morgan fingerprint density at radius 2 is 1.80 bits per heavy atom. The number of nitrogens with two attached hydrogens (primary N) is 1. The summed E-state index contributed by atoms with van der Waals surface area (Å²) in [7, 11) is 1.60. The molecule has 0 unspecified atom stereocenters. The lowest BCUT2D eigenvalue weighted by Gasteiger charge is -2.02. The molecule has 1 heterocycles. The molecule has 0 aliphatic heterocycles. The Kier molecular flexibility index (Phi) is 2.91. The number of amides is 1. The van der Waals surface area contributed by atoms with Crippen LogP contribution >= 0.6 is 0 Å². The molecule has 0 radical (unpaired) electrons. The number of primary amides is 1. The van der Waals surface area contributed by atoms with Crippen LogP contribution in [0.1, 0.15) is 10.4 Å². The molecular weight excluding hydrogens is 254 g/mol. The zero-order valence-corrected chi connectivity index (χ0v) is 10.9. The smallest absolute Gasteiger partial charge is 0.253 e. The van der Waals surface area contributed by atoms with E-state index in [1.165, 1.54) is 0 Å². The Bertz CT molecular complexity index is 772. The van der Waals surface area contributed by atoms with E-state index in [-0.39, 0.29) is 0 Å². The summed E-state index contributed by atoms with van der Waals surface area (Å²) in [6.07, 6.45) is 0. The molecule has 20 heavy (non-hydrogen) atoms. The Balaban J connectivity index is 2.23. The van der Waals surface area contributed by atoms with Gasteiger partial charge in [0.1, 0.15) is 17.1 Å². The molecule has 0 aliphatic rings. The van der Waals surface area contributed by atoms with Gasteiger partial charge < -0.3 is 14.9 Å². The third kappa shape index (κ3) is 1.91. The Morgan fingerprint density at radius 3 is 2.45 bits per heavy atom. The zero-order chi connectivity index (χ0) is 14.1. The third-order valence-corrected chi connectivity index (χ3v) is 3.19. The topological polar surface area (TPSA) is 65.5 Å². The van der Waals surface area contributed by atoms with Crippen LogP contribution in [0.25, 0.3) is 22.3 Å². The van der Waals surface area contributed by atoms with Crippen LogP contribution in [0.4, 0.5) is 0 Å². The summed E-state index contributed by atoms with van der Waals surface area (Å²) in [6, 6.07) is 14.6. The van der Waals surface area contributed by atoms with Crippen LogP contribution < -0.4 is 10.5 Å². The van der Waals surface area contributed by atoms with Crippen molar-refractivity contribution >= 4 is 16.9 Å². The number of benzene rings is 2. The van der Waals surface area contributed by atoms with Crippen LogP contribution in [0.2, 0.25) is 0 Å². The number of hydrogen-bond acceptors (Lipinski definition) is 3. The minimum atomic E-state index is -0.499. The zero-order valence-electron chi connectivity index (χ0n) is 10.9. The summed E-state index contributed by atoms with van der Waals surface area (Å²) in [5.41, 5.74) is 7.34. The van der Waals surface area contributed by atoms with Gasteiger partial charge in [-0.3, -0.25) is 4.79 Å². The number of carbonyl (C=O) groups is 1. The number of para-hydroxylation sites is 1. The quantitative estimate of drug-likeness (QED) is 0.792. The van der Waals surface area contributed by atoms with E-state index in [9.17, 15) is 4.79 Å². The lowest BCUT2D eigenvalue weighted by molar-refractivity contribution is 0.100. The first-order chi connectivity index (χ1) is 9.70. The van der Waals surface area contributed by atoms with Gasteiger partial charge >= 0.3 is 0 Å². The molecule has 100 valence electrons. The summed E-state index contributed by atoms with van der Waals surface area (Å²) in [4.78, 5) is 11.7. The van der Waals surface area contributed by atoms with Crippen molar-refractivity contribution < 1.29 is 13.9 Å². The standard InChI is InChI=1S/C16H13NO3/c1-19-11-8-6-10(7-9-11)15-14(16(17)18)12-4-2-3-5-13(12)20-15/h2-9H,1H3,(H2,17,18). The second-order valence-corrected chi connectivity index (χ2v) is 4.40. The van der Waals surface area contributed by atoms with Crippen molar-refractivity contribution in [3.05, 3.63) is 54.1 Å². The molecule has 0 fully saturated rings. The van der Waals surface area contributed by atoms with Crippen molar-refractivity contribution in [2.24, 2.45) is 5.73 Å². The maximum Gasteiger partial charge on any atom is 0.253 e. The second-order valence-electron chi connectivity index (χ2n) is 4.40. The van der Waals surface area contributed by atoms with Gasteiger partial charge in [-0.1, -0.05) is 18.2 Å². The van der Waals surface area contributed by atoms with Crippen LogP contribution in [0.15, 0.2) is 52.9 Å². The number of carbonyl (C=O) groups excluding carboxylic acids is 1. The van der Waals surface area contributed by atoms with E-state index in [2.05, 4.69) is 0 Å². The number of rotatable bonds is 3. The normalized spacial score (nSPS) is 10.7. The summed E-state index contributed by atoms with van der Waals surface area (Å²) in [5, 5.41) is 0.728. The highest BCUT2D eigenvalue weighted by Crippen LogP contribution is 2.33. The summed E-state index contributed by atoms with van der Waals surface area (Å²) >= 11 is 0. The van der Waals surface area contributed by atoms with E-state index in [1.54, 1.807) is 7.11 Å². The van der Waals surface area contributed by atoms with Crippen molar-refractivity contribution in [1.29, 1.82) is 0 Å². The Labute approximate surface area is 115 Å². The van der Waals surface area contributed by atoms with Crippen molar-refractivity contribution in [2.75, 3.05) is 7.11 Å². The minimum absolute atomic E-state index is 0.408. The molecule has 0 saturated carbocycles. The fourth-order valence-corrected chi connectivity index (χ4v) is 2.24. The van der Waals surface area contributed by atoms with E-state index in [0.717, 1.165) is 16.7 Å². The maximum absolute atomic E-state index is 11.7. The van der Waals surface area contributed by atoms with Gasteiger partial charge in [-0.2, -0.15) is 0 Å². The molecule has 4 nitrogen and oxygen atoms in total. The molecule has 3 aromatic rings. The molecule has 0 spiro atoms. The van der Waals surface area contributed by atoms with Crippen LogP contribution in [-0.4, -0.2) is 13.0 Å². The summed E-state index contributed by atoms with van der Waals surface area (Å²) in [6.45, 7) is 0. The SMILES string of the molecule is COc1ccc(-c2oc3ccccc3c2C(N)=O)cc1. The Morgan fingerprint density at radius 1 is 1.10 bits per heavy atom. The van der Waals surface area contributed by atoms with Gasteiger partial charge in [0.25, 0.3) is 5.91 Å². The van der Waals surface area contributed by atoms with E-state index in [4.69, 9.17) is 14.9 Å². The van der Waals surface area contributed by atoms with E-state index in [0.29, 0.717) is 16.9 Å². The average Bonchev–Trinajstić information content (AvgIpc) is 2.86. The number of fused-ring (bicyclic) bond motifs is 1. The fourth-order valence-electron chi connectivity index (χ4n) is 2.24. The molecule has 1 amide bonds. The van der Waals surface area contributed by atoms with Crippen molar-refractivity contribution in [1.82, 2.24) is 0 Å². The lowest BCUT2D eigenvalue weighted by Crippen LogP contribution is -2.11. The predicted molar refractivity (Wildman–Crippen MR) is 76.7 cm³/mol. The highest BCUT2D eigenvalue weighted by Gasteiger charge is 2.19. The average molecular weight is 267 g/mol. The predicted octanol–water partition coefficient (Wildman–Crippen LogP) is 3.21. The highest BCUT2D eigenvalue weighted by molar-refractivity contribution is 6.10. The second kappa shape index (κ2) is 4.74. The fraction of sp³-hybridized carbons (Fsp3) is 0.0625. The summed E-state index contributed by atoms with van der Waals surface area (Å²) < 4.78 is 10.9. The third-order valence-electron chi connectivity index (χ3n) is 3.19. The molecule has 3 rings (SSSR count). The molecule has 0 aliphatic carbocycles. The van der Waals surface area contributed by atoms with Crippen LogP contribution in [0.5, 0.6) is 5.75 Å². The molecule has 0 bridgehead atoms. The van der Waals surface area contributed by atoms with Crippen molar-refractivity contribution in [2.45, 2.75) is 0 Å². The summed E-state index contributed by atoms with van der Waals surface area (Å²) in [5.74, 6) is 0.729. The van der Waals surface area contributed by atoms with E-state index in [1.807, 2.05) is 48.5 Å². The first-order valence-corrected chi connectivity index (χ1v) is 6.16. The van der Waals surface area contributed by atoms with Crippen LogP contribution in [0, 0.1) is 0 Å². The molecule has 2 aromatic carbocycles. The number of ether oxygens (including phenoxy) is 1. The molecule has 2 N–H and O–H groups in total. The van der Waals surface area contributed by atoms with Gasteiger partial charge in [0.2, 0.25) is 0 Å². The van der Waals surface area contributed by atoms with Crippen LogP contribution in [-0.2, 0) is 0 Å². The largest absolute Gasteiger partial charge is 0.497 e. The molecule has 4 heteroatoms. The van der Waals surface area contributed by atoms with Crippen molar-refractivity contribution in [3.63, 3.8) is 0 Å². The number of methoxy groups -OCH3 is 1. The van der Waals surface area contributed by atoms with Gasteiger partial charge in [-0.25, -0.2) is 0 Å². The molecule has 1 aromatic heterocycles. The van der Waals surface area contributed by atoms with Gasteiger partial charge in [0.15, 0.2) is 0 Å². The molecular formula is C16H13NO3. The van der Waals surface area contributed by atoms with E-state index < -0.39 is 5.91 Å². The Hall–Kier alpha value is -2.75. The molecule has 0 saturated heterocycles. The maximum atomic E-state index is 11.7. The van der Waals surface area contributed by atoms with Gasteiger partial charge in [-0.05, 0) is 30.3 Å². The number of hydrogen-bond donors (Lipinski definition) is 1. The first kappa shape index (κ1) is 12.3. The number of furan rings is 1. The van der Waals surface area contributed by atoms with E-state index >= 15 is 0 Å². The molecule has 0 atom stereocenters.